The third-order valence-corrected chi connectivity index (χ3v) is 2.19. The van der Waals surface area contributed by atoms with Crippen LogP contribution in [0.25, 0.3) is 0 Å². The van der Waals surface area contributed by atoms with E-state index in [1.54, 1.807) is 12.4 Å². The molecule has 2 rings (SSSR count). The van der Waals surface area contributed by atoms with Gasteiger partial charge in [0.25, 0.3) is 5.91 Å². The first-order chi connectivity index (χ1) is 8.15. The third-order valence-electron chi connectivity index (χ3n) is 2.19. The Hall–Kier alpha value is -2.37. The lowest BCUT2D eigenvalue weighted by Crippen LogP contribution is -2.22. The summed E-state index contributed by atoms with van der Waals surface area (Å²) >= 11 is 0. The second-order valence-electron chi connectivity index (χ2n) is 3.56. The summed E-state index contributed by atoms with van der Waals surface area (Å²) in [5, 5.41) is 9.01. The van der Waals surface area contributed by atoms with E-state index in [-0.39, 0.29) is 17.2 Å². The number of aromatic amines is 1. The zero-order valence-corrected chi connectivity index (χ0v) is 8.90. The van der Waals surface area contributed by atoms with Crippen LogP contribution in [0.4, 0.5) is 10.1 Å². The Labute approximate surface area is 96.8 Å². The van der Waals surface area contributed by atoms with Gasteiger partial charge in [-0.1, -0.05) is 0 Å². The van der Waals surface area contributed by atoms with Gasteiger partial charge in [0.2, 0.25) is 0 Å². The molecule has 0 aliphatic heterocycles. The number of rotatable bonds is 3. The third kappa shape index (κ3) is 2.81. The van der Waals surface area contributed by atoms with Crippen molar-refractivity contribution < 1.29 is 9.18 Å². The van der Waals surface area contributed by atoms with Crippen LogP contribution in [0.1, 0.15) is 15.9 Å². The number of nitrogen functional groups attached to an aromatic ring is 1. The number of amides is 1. The van der Waals surface area contributed by atoms with Gasteiger partial charge in [-0.15, -0.1) is 0 Å². The molecular formula is C11H11FN4O. The molecule has 0 atom stereocenters. The maximum absolute atomic E-state index is 13.0. The highest BCUT2D eigenvalue weighted by atomic mass is 19.1. The van der Waals surface area contributed by atoms with E-state index >= 15 is 0 Å². The lowest BCUT2D eigenvalue weighted by molar-refractivity contribution is 0.0950. The highest BCUT2D eigenvalue weighted by Crippen LogP contribution is 2.10. The number of benzene rings is 1. The number of hydrogen-bond donors (Lipinski definition) is 3. The number of halogens is 1. The van der Waals surface area contributed by atoms with Gasteiger partial charge in [-0.05, 0) is 18.2 Å². The Balaban J connectivity index is 2.04. The van der Waals surface area contributed by atoms with Gasteiger partial charge in [-0.25, -0.2) is 4.39 Å². The van der Waals surface area contributed by atoms with Crippen LogP contribution in [0.15, 0.2) is 30.6 Å². The Bertz CT molecular complexity index is 504. The number of hydrogen-bond acceptors (Lipinski definition) is 3. The largest absolute Gasteiger partial charge is 0.399 e. The van der Waals surface area contributed by atoms with Crippen molar-refractivity contribution in [3.8, 4) is 0 Å². The second kappa shape index (κ2) is 4.65. The maximum Gasteiger partial charge on any atom is 0.251 e. The quantitative estimate of drug-likeness (QED) is 0.694. The summed E-state index contributed by atoms with van der Waals surface area (Å²) in [7, 11) is 0. The smallest absolute Gasteiger partial charge is 0.251 e. The summed E-state index contributed by atoms with van der Waals surface area (Å²) in [5.41, 5.74) is 6.71. The van der Waals surface area contributed by atoms with Gasteiger partial charge in [0.1, 0.15) is 5.82 Å². The zero-order chi connectivity index (χ0) is 12.3. The van der Waals surface area contributed by atoms with E-state index < -0.39 is 5.82 Å². The first kappa shape index (κ1) is 11.1. The Kier molecular flexibility index (Phi) is 3.04. The predicted octanol–water partition coefficient (Wildman–Crippen LogP) is 1.06. The van der Waals surface area contributed by atoms with Crippen molar-refractivity contribution in [2.75, 3.05) is 5.73 Å². The Morgan fingerprint density at radius 3 is 2.94 bits per heavy atom. The molecule has 5 nitrogen and oxygen atoms in total. The van der Waals surface area contributed by atoms with Crippen LogP contribution in [-0.2, 0) is 6.54 Å². The minimum Gasteiger partial charge on any atom is -0.399 e. The van der Waals surface area contributed by atoms with Crippen LogP contribution in [0, 0.1) is 5.82 Å². The summed E-state index contributed by atoms with van der Waals surface area (Å²) in [6.45, 7) is 0.325. The fraction of sp³-hybridized carbons (Fsp3) is 0.0909. The summed E-state index contributed by atoms with van der Waals surface area (Å²) in [5.74, 6) is -0.907. The number of anilines is 1. The SMILES string of the molecule is Nc1cc(F)cc(C(=O)NCc2cn[nH]c2)c1. The molecule has 4 N–H and O–H groups in total. The first-order valence-electron chi connectivity index (χ1n) is 4.97. The van der Waals surface area contributed by atoms with Gasteiger partial charge >= 0.3 is 0 Å². The molecule has 17 heavy (non-hydrogen) atoms. The molecule has 1 heterocycles. The number of carbonyl (C=O) groups excluding carboxylic acids is 1. The number of nitrogens with zero attached hydrogens (tertiary/aromatic N) is 1. The van der Waals surface area contributed by atoms with Crippen LogP contribution in [0.2, 0.25) is 0 Å². The molecule has 1 aromatic carbocycles. The predicted molar refractivity (Wildman–Crippen MR) is 60.6 cm³/mol. The minimum absolute atomic E-state index is 0.200. The van der Waals surface area contributed by atoms with Crippen LogP contribution in [-0.4, -0.2) is 16.1 Å². The topological polar surface area (TPSA) is 83.8 Å². The van der Waals surface area contributed by atoms with Crippen molar-refractivity contribution in [1.82, 2.24) is 15.5 Å². The number of aromatic nitrogens is 2. The van der Waals surface area contributed by atoms with E-state index in [4.69, 9.17) is 5.73 Å². The van der Waals surface area contributed by atoms with Gasteiger partial charge in [-0.3, -0.25) is 9.89 Å². The van der Waals surface area contributed by atoms with Gasteiger partial charge in [0.05, 0.1) is 6.20 Å². The van der Waals surface area contributed by atoms with E-state index in [9.17, 15) is 9.18 Å². The molecule has 0 fully saturated rings. The highest BCUT2D eigenvalue weighted by molar-refractivity contribution is 5.94. The van der Waals surface area contributed by atoms with E-state index in [1.165, 1.54) is 6.07 Å². The molecule has 0 aliphatic rings. The Morgan fingerprint density at radius 2 is 2.29 bits per heavy atom. The molecule has 0 saturated heterocycles. The first-order valence-corrected chi connectivity index (χ1v) is 4.97. The summed E-state index contributed by atoms with van der Waals surface area (Å²) in [6.07, 6.45) is 3.26. The van der Waals surface area contributed by atoms with Crippen molar-refractivity contribution in [3.05, 3.63) is 47.5 Å². The number of carbonyl (C=O) groups is 1. The van der Waals surface area contributed by atoms with E-state index in [1.807, 2.05) is 0 Å². The van der Waals surface area contributed by atoms with Crippen molar-refractivity contribution in [2.24, 2.45) is 0 Å². The average molecular weight is 234 g/mol. The normalized spacial score (nSPS) is 10.2. The van der Waals surface area contributed by atoms with E-state index in [0.717, 1.165) is 17.7 Å². The number of nitrogens with one attached hydrogen (secondary N) is 2. The lowest BCUT2D eigenvalue weighted by Gasteiger charge is -2.04. The molecular weight excluding hydrogens is 223 g/mol. The maximum atomic E-state index is 13.0. The molecule has 0 bridgehead atoms. The minimum atomic E-state index is -0.529. The molecule has 0 unspecified atom stereocenters. The van der Waals surface area contributed by atoms with Gasteiger partial charge in [0.15, 0.2) is 0 Å². The molecule has 2 aromatic rings. The monoisotopic (exact) mass is 234 g/mol. The standard InChI is InChI=1S/C11H11FN4O/c12-9-1-8(2-10(13)3-9)11(17)14-4-7-5-15-16-6-7/h1-3,5-6H,4,13H2,(H,14,17)(H,15,16). The van der Waals surface area contributed by atoms with Crippen molar-refractivity contribution in [2.45, 2.75) is 6.54 Å². The lowest BCUT2D eigenvalue weighted by atomic mass is 10.2. The van der Waals surface area contributed by atoms with Gasteiger partial charge in [0, 0.05) is 29.6 Å². The van der Waals surface area contributed by atoms with E-state index in [0.29, 0.717) is 6.54 Å². The number of nitrogens with two attached hydrogens (primary N) is 1. The summed E-state index contributed by atoms with van der Waals surface area (Å²) in [6, 6.07) is 3.72. The van der Waals surface area contributed by atoms with E-state index in [2.05, 4.69) is 15.5 Å². The molecule has 0 saturated carbocycles. The van der Waals surface area contributed by atoms with Crippen molar-refractivity contribution in [3.63, 3.8) is 0 Å². The van der Waals surface area contributed by atoms with Crippen molar-refractivity contribution >= 4 is 11.6 Å². The molecule has 1 aromatic heterocycles. The van der Waals surface area contributed by atoms with Crippen LogP contribution in [0.5, 0.6) is 0 Å². The molecule has 1 amide bonds. The number of H-pyrrole nitrogens is 1. The Morgan fingerprint density at radius 1 is 1.47 bits per heavy atom. The second-order valence-corrected chi connectivity index (χ2v) is 3.56. The average Bonchev–Trinajstić information content (AvgIpc) is 2.77. The van der Waals surface area contributed by atoms with Crippen molar-refractivity contribution in [1.29, 1.82) is 0 Å². The van der Waals surface area contributed by atoms with Crippen LogP contribution >= 0.6 is 0 Å². The van der Waals surface area contributed by atoms with Gasteiger partial charge < -0.3 is 11.1 Å². The molecule has 6 heteroatoms. The molecule has 0 spiro atoms. The molecule has 0 radical (unpaired) electrons. The van der Waals surface area contributed by atoms with Gasteiger partial charge in [-0.2, -0.15) is 5.10 Å². The molecule has 0 aliphatic carbocycles. The molecule has 88 valence electrons. The fourth-order valence-corrected chi connectivity index (χ4v) is 1.40. The fourth-order valence-electron chi connectivity index (χ4n) is 1.40. The summed E-state index contributed by atoms with van der Waals surface area (Å²) < 4.78 is 13.0. The summed E-state index contributed by atoms with van der Waals surface area (Å²) in [4.78, 5) is 11.7. The van der Waals surface area contributed by atoms with Crippen LogP contribution < -0.4 is 11.1 Å². The van der Waals surface area contributed by atoms with Crippen LogP contribution in [0.3, 0.4) is 0 Å². The zero-order valence-electron chi connectivity index (χ0n) is 8.90. The highest BCUT2D eigenvalue weighted by Gasteiger charge is 2.07.